The second kappa shape index (κ2) is 8.78. The third-order valence-corrected chi connectivity index (χ3v) is 3.13. The molecule has 0 fully saturated rings. The van der Waals surface area contributed by atoms with Crippen molar-refractivity contribution in [2.75, 3.05) is 6.61 Å². The number of carbonyl (C=O) groups is 1. The summed E-state index contributed by atoms with van der Waals surface area (Å²) in [5.74, 6) is 2.02. The first-order chi connectivity index (χ1) is 11.2. The van der Waals surface area contributed by atoms with E-state index in [-0.39, 0.29) is 5.91 Å². The SMILES string of the molecule is CCCOc1ccc(C(=O)N/N=C/c2ccc(CCC)o2)cc1. The number of carbonyl (C=O) groups excluding carboxylic acids is 1. The monoisotopic (exact) mass is 314 g/mol. The number of benzene rings is 1. The maximum atomic E-state index is 12.0. The summed E-state index contributed by atoms with van der Waals surface area (Å²) in [6.45, 7) is 4.80. The fourth-order valence-corrected chi connectivity index (χ4v) is 1.99. The molecule has 0 saturated carbocycles. The molecular formula is C18H22N2O3. The van der Waals surface area contributed by atoms with Gasteiger partial charge in [0.05, 0.1) is 12.8 Å². The smallest absolute Gasteiger partial charge is 0.271 e. The number of furan rings is 1. The zero-order valence-corrected chi connectivity index (χ0v) is 13.5. The summed E-state index contributed by atoms with van der Waals surface area (Å²) in [4.78, 5) is 12.0. The molecule has 0 atom stereocenters. The number of aryl methyl sites for hydroxylation is 1. The molecule has 23 heavy (non-hydrogen) atoms. The van der Waals surface area contributed by atoms with Crippen LogP contribution in [0, 0.1) is 0 Å². The fraction of sp³-hybridized carbons (Fsp3) is 0.333. The van der Waals surface area contributed by atoms with E-state index in [1.807, 2.05) is 19.1 Å². The van der Waals surface area contributed by atoms with Gasteiger partial charge in [0.1, 0.15) is 17.3 Å². The van der Waals surface area contributed by atoms with Crippen molar-refractivity contribution in [3.63, 3.8) is 0 Å². The fourth-order valence-electron chi connectivity index (χ4n) is 1.99. The summed E-state index contributed by atoms with van der Waals surface area (Å²) < 4.78 is 11.0. The molecule has 1 aromatic heterocycles. The Morgan fingerprint density at radius 2 is 1.96 bits per heavy atom. The Hall–Kier alpha value is -2.56. The average molecular weight is 314 g/mol. The first-order valence-corrected chi connectivity index (χ1v) is 7.88. The Balaban J connectivity index is 1.87. The van der Waals surface area contributed by atoms with Crippen molar-refractivity contribution in [1.82, 2.24) is 5.43 Å². The van der Waals surface area contributed by atoms with Gasteiger partial charge < -0.3 is 9.15 Å². The van der Waals surface area contributed by atoms with Crippen molar-refractivity contribution in [2.24, 2.45) is 5.10 Å². The number of ether oxygens (including phenoxy) is 1. The van der Waals surface area contributed by atoms with Crippen molar-refractivity contribution in [1.29, 1.82) is 0 Å². The molecule has 2 rings (SSSR count). The molecule has 1 amide bonds. The van der Waals surface area contributed by atoms with Crippen LogP contribution in [0.3, 0.4) is 0 Å². The molecule has 0 aliphatic carbocycles. The normalized spacial score (nSPS) is 10.9. The van der Waals surface area contributed by atoms with E-state index in [0.29, 0.717) is 17.9 Å². The van der Waals surface area contributed by atoms with Crippen LogP contribution in [0.4, 0.5) is 0 Å². The molecule has 0 unspecified atom stereocenters. The molecule has 5 heteroatoms. The van der Waals surface area contributed by atoms with Gasteiger partial charge in [0.25, 0.3) is 5.91 Å². The van der Waals surface area contributed by atoms with E-state index in [9.17, 15) is 4.79 Å². The van der Waals surface area contributed by atoms with Gasteiger partial charge in [-0.2, -0.15) is 5.10 Å². The number of amides is 1. The van der Waals surface area contributed by atoms with Crippen molar-refractivity contribution in [3.8, 4) is 5.75 Å². The minimum absolute atomic E-state index is 0.274. The molecule has 122 valence electrons. The predicted molar refractivity (Wildman–Crippen MR) is 90.0 cm³/mol. The molecule has 5 nitrogen and oxygen atoms in total. The molecule has 0 radical (unpaired) electrons. The molecule has 0 saturated heterocycles. The number of nitrogens with one attached hydrogen (secondary N) is 1. The van der Waals surface area contributed by atoms with E-state index in [2.05, 4.69) is 17.5 Å². The predicted octanol–water partition coefficient (Wildman–Crippen LogP) is 3.78. The van der Waals surface area contributed by atoms with E-state index in [4.69, 9.17) is 9.15 Å². The van der Waals surface area contributed by atoms with Crippen LogP contribution in [0.15, 0.2) is 45.9 Å². The van der Waals surface area contributed by atoms with E-state index >= 15 is 0 Å². The van der Waals surface area contributed by atoms with Crippen LogP contribution in [0.25, 0.3) is 0 Å². The number of nitrogens with zero attached hydrogens (tertiary/aromatic N) is 1. The number of rotatable bonds is 8. The summed E-state index contributed by atoms with van der Waals surface area (Å²) in [7, 11) is 0. The Labute approximate surface area is 136 Å². The standard InChI is InChI=1S/C18H22N2O3/c1-3-5-16-10-11-17(23-16)13-19-20-18(21)14-6-8-15(9-7-14)22-12-4-2/h6-11,13H,3-5,12H2,1-2H3,(H,20,21)/b19-13+. The van der Waals surface area contributed by atoms with Crippen LogP contribution >= 0.6 is 0 Å². The quantitative estimate of drug-likeness (QED) is 0.595. The highest BCUT2D eigenvalue weighted by Gasteiger charge is 2.04. The Bertz CT molecular complexity index is 645. The lowest BCUT2D eigenvalue weighted by Gasteiger charge is -2.05. The van der Waals surface area contributed by atoms with Gasteiger partial charge in [-0.15, -0.1) is 0 Å². The molecule has 0 spiro atoms. The Kier molecular flexibility index (Phi) is 6.41. The molecule has 0 bridgehead atoms. The lowest BCUT2D eigenvalue weighted by atomic mass is 10.2. The highest BCUT2D eigenvalue weighted by molar-refractivity contribution is 5.94. The summed E-state index contributed by atoms with van der Waals surface area (Å²) in [6.07, 6.45) is 4.37. The van der Waals surface area contributed by atoms with E-state index < -0.39 is 0 Å². The third-order valence-electron chi connectivity index (χ3n) is 3.13. The maximum Gasteiger partial charge on any atom is 0.271 e. The molecule has 1 heterocycles. The summed E-state index contributed by atoms with van der Waals surface area (Å²) >= 11 is 0. The average Bonchev–Trinajstić information content (AvgIpc) is 3.01. The first-order valence-electron chi connectivity index (χ1n) is 7.88. The Morgan fingerprint density at radius 1 is 1.17 bits per heavy atom. The Morgan fingerprint density at radius 3 is 2.65 bits per heavy atom. The van der Waals surface area contributed by atoms with Gasteiger partial charge in [-0.25, -0.2) is 5.43 Å². The molecule has 1 aromatic carbocycles. The zero-order valence-electron chi connectivity index (χ0n) is 13.5. The van der Waals surface area contributed by atoms with E-state index in [0.717, 1.165) is 30.8 Å². The third kappa shape index (κ3) is 5.29. The van der Waals surface area contributed by atoms with Crippen LogP contribution in [0.2, 0.25) is 0 Å². The van der Waals surface area contributed by atoms with Crippen LogP contribution in [-0.2, 0) is 6.42 Å². The van der Waals surface area contributed by atoms with Crippen LogP contribution in [-0.4, -0.2) is 18.7 Å². The van der Waals surface area contributed by atoms with Crippen LogP contribution in [0.5, 0.6) is 5.75 Å². The minimum atomic E-state index is -0.274. The van der Waals surface area contributed by atoms with Gasteiger partial charge in [0.15, 0.2) is 0 Å². The van der Waals surface area contributed by atoms with Crippen molar-refractivity contribution in [2.45, 2.75) is 33.1 Å². The van der Waals surface area contributed by atoms with E-state index in [1.54, 1.807) is 24.3 Å². The lowest BCUT2D eigenvalue weighted by Crippen LogP contribution is -2.17. The van der Waals surface area contributed by atoms with Crippen molar-refractivity contribution < 1.29 is 13.9 Å². The molecule has 0 aliphatic heterocycles. The maximum absolute atomic E-state index is 12.0. The van der Waals surface area contributed by atoms with Crippen LogP contribution < -0.4 is 10.2 Å². The highest BCUT2D eigenvalue weighted by atomic mass is 16.5. The van der Waals surface area contributed by atoms with Gasteiger partial charge >= 0.3 is 0 Å². The zero-order chi connectivity index (χ0) is 16.5. The highest BCUT2D eigenvalue weighted by Crippen LogP contribution is 2.12. The molecular weight excluding hydrogens is 292 g/mol. The molecule has 1 N–H and O–H groups in total. The first kappa shape index (κ1) is 16.8. The minimum Gasteiger partial charge on any atom is -0.494 e. The van der Waals surface area contributed by atoms with Gasteiger partial charge in [0, 0.05) is 12.0 Å². The van der Waals surface area contributed by atoms with Gasteiger partial charge in [-0.3, -0.25) is 4.79 Å². The van der Waals surface area contributed by atoms with Crippen LogP contribution in [0.1, 0.15) is 48.6 Å². The van der Waals surface area contributed by atoms with Gasteiger partial charge in [0.2, 0.25) is 0 Å². The number of hydrogen-bond acceptors (Lipinski definition) is 4. The summed E-state index contributed by atoms with van der Waals surface area (Å²) in [5, 5.41) is 3.91. The van der Waals surface area contributed by atoms with Gasteiger partial charge in [-0.1, -0.05) is 13.8 Å². The largest absolute Gasteiger partial charge is 0.494 e. The second-order valence-electron chi connectivity index (χ2n) is 5.13. The molecule has 2 aromatic rings. The second-order valence-corrected chi connectivity index (χ2v) is 5.13. The van der Waals surface area contributed by atoms with Crippen molar-refractivity contribution >= 4 is 12.1 Å². The van der Waals surface area contributed by atoms with Crippen molar-refractivity contribution in [3.05, 3.63) is 53.5 Å². The number of hydrogen-bond donors (Lipinski definition) is 1. The number of hydrazone groups is 1. The summed E-state index contributed by atoms with van der Waals surface area (Å²) in [5.41, 5.74) is 3.01. The molecule has 0 aliphatic rings. The van der Waals surface area contributed by atoms with E-state index in [1.165, 1.54) is 6.21 Å². The van der Waals surface area contributed by atoms with Gasteiger partial charge in [-0.05, 0) is 49.2 Å². The summed E-state index contributed by atoms with van der Waals surface area (Å²) in [6, 6.07) is 10.7. The lowest BCUT2D eigenvalue weighted by molar-refractivity contribution is 0.0955. The topological polar surface area (TPSA) is 63.8 Å².